The van der Waals surface area contributed by atoms with E-state index in [-0.39, 0.29) is 0 Å². The SMILES string of the molecule is CCCOc1cc(C)ccc1CN. The molecule has 72 valence electrons. The van der Waals surface area contributed by atoms with Crippen LogP contribution in [0.4, 0.5) is 0 Å². The molecule has 1 aromatic rings. The Bertz CT molecular complexity index is 271. The average Bonchev–Trinajstić information content (AvgIpc) is 2.15. The molecule has 2 N–H and O–H groups in total. The number of ether oxygens (including phenoxy) is 1. The molecule has 0 bridgehead atoms. The van der Waals surface area contributed by atoms with Gasteiger partial charge in [-0.15, -0.1) is 0 Å². The van der Waals surface area contributed by atoms with Gasteiger partial charge in [0.05, 0.1) is 6.61 Å². The zero-order valence-electron chi connectivity index (χ0n) is 8.34. The van der Waals surface area contributed by atoms with Gasteiger partial charge in [-0.3, -0.25) is 0 Å². The van der Waals surface area contributed by atoms with Gasteiger partial charge < -0.3 is 10.5 Å². The van der Waals surface area contributed by atoms with Gasteiger partial charge in [-0.25, -0.2) is 0 Å². The summed E-state index contributed by atoms with van der Waals surface area (Å²) in [4.78, 5) is 0. The summed E-state index contributed by atoms with van der Waals surface area (Å²) in [5.41, 5.74) is 7.89. The molecule has 2 nitrogen and oxygen atoms in total. The Morgan fingerprint density at radius 2 is 2.15 bits per heavy atom. The van der Waals surface area contributed by atoms with Gasteiger partial charge in [0.1, 0.15) is 5.75 Å². The highest BCUT2D eigenvalue weighted by molar-refractivity contribution is 5.36. The summed E-state index contributed by atoms with van der Waals surface area (Å²) in [5, 5.41) is 0. The first kappa shape index (κ1) is 10.1. The van der Waals surface area contributed by atoms with Gasteiger partial charge in [-0.2, -0.15) is 0 Å². The van der Waals surface area contributed by atoms with Crippen LogP contribution in [0.1, 0.15) is 24.5 Å². The fraction of sp³-hybridized carbons (Fsp3) is 0.455. The smallest absolute Gasteiger partial charge is 0.124 e. The molecule has 0 aliphatic rings. The van der Waals surface area contributed by atoms with E-state index in [2.05, 4.69) is 19.9 Å². The number of hydrogen-bond donors (Lipinski definition) is 1. The molecule has 0 spiro atoms. The minimum Gasteiger partial charge on any atom is -0.493 e. The number of rotatable bonds is 4. The van der Waals surface area contributed by atoms with Crippen molar-refractivity contribution in [2.45, 2.75) is 26.8 Å². The third-order valence-corrected chi connectivity index (χ3v) is 1.90. The van der Waals surface area contributed by atoms with E-state index >= 15 is 0 Å². The summed E-state index contributed by atoms with van der Waals surface area (Å²) >= 11 is 0. The molecule has 0 atom stereocenters. The van der Waals surface area contributed by atoms with Gasteiger partial charge in [0, 0.05) is 12.1 Å². The van der Waals surface area contributed by atoms with Gasteiger partial charge in [0.25, 0.3) is 0 Å². The van der Waals surface area contributed by atoms with E-state index in [4.69, 9.17) is 10.5 Å². The van der Waals surface area contributed by atoms with Gasteiger partial charge in [0.2, 0.25) is 0 Å². The van der Waals surface area contributed by atoms with Crippen molar-refractivity contribution in [3.63, 3.8) is 0 Å². The van der Waals surface area contributed by atoms with E-state index in [9.17, 15) is 0 Å². The number of nitrogens with two attached hydrogens (primary N) is 1. The molecule has 0 heterocycles. The van der Waals surface area contributed by atoms with Crippen molar-refractivity contribution >= 4 is 0 Å². The van der Waals surface area contributed by atoms with Gasteiger partial charge >= 0.3 is 0 Å². The minimum atomic E-state index is 0.541. The van der Waals surface area contributed by atoms with Crippen molar-refractivity contribution < 1.29 is 4.74 Å². The molecular weight excluding hydrogens is 162 g/mol. The van der Waals surface area contributed by atoms with Crippen molar-refractivity contribution in [3.05, 3.63) is 29.3 Å². The van der Waals surface area contributed by atoms with Crippen LogP contribution in [-0.2, 0) is 6.54 Å². The normalized spacial score (nSPS) is 10.1. The Balaban J connectivity index is 2.81. The maximum absolute atomic E-state index is 5.59. The van der Waals surface area contributed by atoms with Gasteiger partial charge in [0.15, 0.2) is 0 Å². The molecule has 0 aromatic heterocycles. The van der Waals surface area contributed by atoms with Gasteiger partial charge in [-0.05, 0) is 25.0 Å². The second kappa shape index (κ2) is 4.87. The van der Waals surface area contributed by atoms with Crippen LogP contribution < -0.4 is 10.5 Å². The first-order valence-electron chi connectivity index (χ1n) is 4.70. The van der Waals surface area contributed by atoms with Crippen LogP contribution in [-0.4, -0.2) is 6.61 Å². The fourth-order valence-corrected chi connectivity index (χ4v) is 1.18. The monoisotopic (exact) mass is 179 g/mol. The molecule has 0 aliphatic heterocycles. The van der Waals surface area contributed by atoms with Crippen molar-refractivity contribution in [2.24, 2.45) is 5.73 Å². The highest BCUT2D eigenvalue weighted by atomic mass is 16.5. The summed E-state index contributed by atoms with van der Waals surface area (Å²) in [6.45, 7) is 5.45. The lowest BCUT2D eigenvalue weighted by molar-refractivity contribution is 0.314. The number of aryl methyl sites for hydroxylation is 1. The summed E-state index contributed by atoms with van der Waals surface area (Å²) in [6.07, 6.45) is 1.03. The van der Waals surface area contributed by atoms with Crippen LogP contribution in [0, 0.1) is 6.92 Å². The Morgan fingerprint density at radius 3 is 2.77 bits per heavy atom. The lowest BCUT2D eigenvalue weighted by Crippen LogP contribution is -2.03. The van der Waals surface area contributed by atoms with E-state index < -0.39 is 0 Å². The molecule has 0 fully saturated rings. The highest BCUT2D eigenvalue weighted by Crippen LogP contribution is 2.19. The number of benzene rings is 1. The second-order valence-corrected chi connectivity index (χ2v) is 3.16. The summed E-state index contributed by atoms with van der Waals surface area (Å²) in [6, 6.07) is 6.12. The third-order valence-electron chi connectivity index (χ3n) is 1.90. The van der Waals surface area contributed by atoms with E-state index in [1.165, 1.54) is 5.56 Å². The van der Waals surface area contributed by atoms with Crippen molar-refractivity contribution in [2.75, 3.05) is 6.61 Å². The molecule has 1 rings (SSSR count). The van der Waals surface area contributed by atoms with Crippen LogP contribution in [0.5, 0.6) is 5.75 Å². The van der Waals surface area contributed by atoms with Gasteiger partial charge in [-0.1, -0.05) is 19.1 Å². The second-order valence-electron chi connectivity index (χ2n) is 3.16. The standard InChI is InChI=1S/C11H17NO/c1-3-6-13-11-7-9(2)4-5-10(11)8-12/h4-5,7H,3,6,8,12H2,1-2H3. The van der Waals surface area contributed by atoms with Crippen molar-refractivity contribution in [1.29, 1.82) is 0 Å². The lowest BCUT2D eigenvalue weighted by Gasteiger charge is -2.09. The molecule has 2 heteroatoms. The summed E-state index contributed by atoms with van der Waals surface area (Å²) < 4.78 is 5.58. The van der Waals surface area contributed by atoms with Crippen LogP contribution >= 0.6 is 0 Å². The van der Waals surface area contributed by atoms with Crippen LogP contribution in [0.3, 0.4) is 0 Å². The van der Waals surface area contributed by atoms with E-state index in [1.54, 1.807) is 0 Å². The molecule has 0 saturated heterocycles. The van der Waals surface area contributed by atoms with Crippen molar-refractivity contribution in [3.8, 4) is 5.75 Å². The predicted octanol–water partition coefficient (Wildman–Crippen LogP) is 2.24. The zero-order chi connectivity index (χ0) is 9.68. The van der Waals surface area contributed by atoms with E-state index in [0.29, 0.717) is 6.54 Å². The largest absolute Gasteiger partial charge is 0.493 e. The summed E-state index contributed by atoms with van der Waals surface area (Å²) in [7, 11) is 0. The topological polar surface area (TPSA) is 35.2 Å². The molecular formula is C11H17NO. The predicted molar refractivity (Wildman–Crippen MR) is 54.9 cm³/mol. The fourth-order valence-electron chi connectivity index (χ4n) is 1.18. The van der Waals surface area contributed by atoms with Crippen LogP contribution in [0.15, 0.2) is 18.2 Å². The molecule has 0 unspecified atom stereocenters. The van der Waals surface area contributed by atoms with E-state index in [0.717, 1.165) is 24.3 Å². The van der Waals surface area contributed by atoms with E-state index in [1.807, 2.05) is 12.1 Å². The maximum atomic E-state index is 5.59. The average molecular weight is 179 g/mol. The maximum Gasteiger partial charge on any atom is 0.124 e. The molecule has 0 amide bonds. The molecule has 0 saturated carbocycles. The third kappa shape index (κ3) is 2.74. The number of hydrogen-bond acceptors (Lipinski definition) is 2. The summed E-state index contributed by atoms with van der Waals surface area (Å²) in [5.74, 6) is 0.935. The first-order valence-corrected chi connectivity index (χ1v) is 4.70. The van der Waals surface area contributed by atoms with Crippen LogP contribution in [0.25, 0.3) is 0 Å². The zero-order valence-corrected chi connectivity index (χ0v) is 8.34. The Kier molecular flexibility index (Phi) is 3.77. The molecule has 1 aromatic carbocycles. The highest BCUT2D eigenvalue weighted by Gasteiger charge is 2.01. The minimum absolute atomic E-state index is 0.541. The quantitative estimate of drug-likeness (QED) is 0.769. The Hall–Kier alpha value is -1.02. The molecule has 0 aliphatic carbocycles. The van der Waals surface area contributed by atoms with Crippen LogP contribution in [0.2, 0.25) is 0 Å². The Labute approximate surface area is 79.7 Å². The Morgan fingerprint density at radius 1 is 1.38 bits per heavy atom. The lowest BCUT2D eigenvalue weighted by atomic mass is 10.1. The molecule has 0 radical (unpaired) electrons. The first-order chi connectivity index (χ1) is 6.27. The van der Waals surface area contributed by atoms with Crippen molar-refractivity contribution in [1.82, 2.24) is 0 Å². The molecule has 13 heavy (non-hydrogen) atoms.